The van der Waals surface area contributed by atoms with Gasteiger partial charge in [-0.25, -0.2) is 5.01 Å². The molecule has 27 heavy (non-hydrogen) atoms. The molecule has 0 radical (unpaired) electrons. The van der Waals surface area contributed by atoms with Crippen LogP contribution in [0.1, 0.15) is 25.3 Å². The average Bonchev–Trinajstić information content (AvgIpc) is 2.52. The molecule has 0 amide bonds. The van der Waals surface area contributed by atoms with Crippen LogP contribution in [0.3, 0.4) is 0 Å². The van der Waals surface area contributed by atoms with E-state index in [1.165, 1.54) is 19.1 Å². The van der Waals surface area contributed by atoms with E-state index in [0.717, 1.165) is 11.1 Å². The summed E-state index contributed by atoms with van der Waals surface area (Å²) in [6, 6.07) is 3.78. The highest BCUT2D eigenvalue weighted by Gasteiger charge is 2.44. The summed E-state index contributed by atoms with van der Waals surface area (Å²) < 4.78 is 89.3. The van der Waals surface area contributed by atoms with Gasteiger partial charge in [0.05, 0.1) is 16.5 Å². The van der Waals surface area contributed by atoms with E-state index in [2.05, 4.69) is 5.10 Å². The molecular formula is C16H17F6N3OS. The Morgan fingerprint density at radius 3 is 2.41 bits per heavy atom. The van der Waals surface area contributed by atoms with Crippen LogP contribution in [0.15, 0.2) is 28.2 Å². The molecular weight excluding hydrogens is 396 g/mol. The van der Waals surface area contributed by atoms with Gasteiger partial charge in [-0.3, -0.25) is 9.62 Å². The topological polar surface area (TPSA) is 56.5 Å². The lowest BCUT2D eigenvalue weighted by atomic mass is 9.93. The van der Waals surface area contributed by atoms with Crippen LogP contribution < -0.4 is 5.01 Å². The SMILES string of the molecule is CCC1CC(=N)N(c2ccc(C)c(S(=O)CC(F)(F)F)c2)N=C1C(F)(F)F. The van der Waals surface area contributed by atoms with Gasteiger partial charge in [0, 0.05) is 17.2 Å². The largest absolute Gasteiger partial charge is 0.431 e. The number of amidine groups is 1. The Bertz CT molecular complexity index is 787. The predicted molar refractivity (Wildman–Crippen MR) is 90.6 cm³/mol. The zero-order valence-corrected chi connectivity index (χ0v) is 15.2. The van der Waals surface area contributed by atoms with Gasteiger partial charge in [0.15, 0.2) is 0 Å². The third-order valence-corrected chi connectivity index (χ3v) is 5.55. The molecule has 2 rings (SSSR count). The summed E-state index contributed by atoms with van der Waals surface area (Å²) in [6.45, 7) is 3.01. The number of benzene rings is 1. The monoisotopic (exact) mass is 413 g/mol. The first-order chi connectivity index (χ1) is 12.3. The van der Waals surface area contributed by atoms with Crippen LogP contribution in [0.5, 0.6) is 0 Å². The number of aryl methyl sites for hydroxylation is 1. The molecule has 150 valence electrons. The number of hydrazone groups is 1. The highest BCUT2D eigenvalue weighted by atomic mass is 32.2. The second kappa shape index (κ2) is 7.61. The molecule has 0 spiro atoms. The molecule has 1 aromatic carbocycles. The Balaban J connectivity index is 2.47. The van der Waals surface area contributed by atoms with Gasteiger partial charge in [0.25, 0.3) is 0 Å². The molecule has 0 saturated heterocycles. The average molecular weight is 413 g/mol. The van der Waals surface area contributed by atoms with Gasteiger partial charge in [-0.2, -0.15) is 31.4 Å². The van der Waals surface area contributed by atoms with Crippen LogP contribution in [0, 0.1) is 18.3 Å². The fraction of sp³-hybridized carbons (Fsp3) is 0.500. The Labute approximate surface area is 154 Å². The maximum Gasteiger partial charge on any atom is 0.431 e. The van der Waals surface area contributed by atoms with E-state index in [9.17, 15) is 30.6 Å². The molecule has 0 fully saturated rings. The minimum absolute atomic E-state index is 0.0348. The third kappa shape index (κ3) is 5.08. The van der Waals surface area contributed by atoms with Crippen molar-refractivity contribution in [1.29, 1.82) is 5.41 Å². The number of alkyl halides is 6. The maximum atomic E-state index is 13.3. The Hall–Kier alpha value is -1.91. The number of hydrogen-bond acceptors (Lipinski definition) is 3. The molecule has 2 atom stereocenters. The number of anilines is 1. The summed E-state index contributed by atoms with van der Waals surface area (Å²) in [5.41, 5.74) is -0.775. The van der Waals surface area contributed by atoms with Crippen molar-refractivity contribution in [2.75, 3.05) is 10.8 Å². The third-order valence-electron chi connectivity index (χ3n) is 4.03. The van der Waals surface area contributed by atoms with Gasteiger partial charge in [-0.1, -0.05) is 13.0 Å². The second-order valence-corrected chi connectivity index (χ2v) is 7.53. The van der Waals surface area contributed by atoms with E-state index >= 15 is 0 Å². The van der Waals surface area contributed by atoms with Gasteiger partial charge in [0.2, 0.25) is 0 Å². The fourth-order valence-electron chi connectivity index (χ4n) is 2.70. The summed E-state index contributed by atoms with van der Waals surface area (Å²) >= 11 is 0. The lowest BCUT2D eigenvalue weighted by Gasteiger charge is -2.31. The van der Waals surface area contributed by atoms with E-state index < -0.39 is 40.5 Å². The lowest BCUT2D eigenvalue weighted by molar-refractivity contribution is -0.105. The number of nitrogens with zero attached hydrogens (tertiary/aromatic N) is 2. The molecule has 0 saturated carbocycles. The maximum absolute atomic E-state index is 13.3. The smallest absolute Gasteiger partial charge is 0.287 e. The first-order valence-corrected chi connectivity index (χ1v) is 9.24. The van der Waals surface area contributed by atoms with E-state index in [-0.39, 0.29) is 29.3 Å². The molecule has 0 aliphatic carbocycles. The van der Waals surface area contributed by atoms with Crippen molar-refractivity contribution in [2.45, 2.75) is 43.9 Å². The van der Waals surface area contributed by atoms with E-state index in [0.29, 0.717) is 5.56 Å². The van der Waals surface area contributed by atoms with Crippen molar-refractivity contribution >= 4 is 28.0 Å². The van der Waals surface area contributed by atoms with Gasteiger partial charge in [0.1, 0.15) is 17.3 Å². The number of halogens is 6. The standard InChI is InChI=1S/C16H17F6N3OS/c1-3-10-6-13(23)25(24-14(10)16(20,21)22)11-5-4-9(2)12(7-11)27(26)8-15(17,18)19/h4-5,7,10,23H,3,6,8H2,1-2H3. The van der Waals surface area contributed by atoms with Crippen molar-refractivity contribution in [3.8, 4) is 0 Å². The Kier molecular flexibility index (Phi) is 6.03. The number of rotatable bonds is 4. The zero-order chi connectivity index (χ0) is 20.6. The van der Waals surface area contributed by atoms with Crippen molar-refractivity contribution < 1.29 is 30.6 Å². The van der Waals surface area contributed by atoms with Crippen LogP contribution in [0.25, 0.3) is 0 Å². The minimum atomic E-state index is -4.69. The molecule has 1 aliphatic heterocycles. The summed E-state index contributed by atoms with van der Waals surface area (Å²) in [5.74, 6) is -2.74. The highest BCUT2D eigenvalue weighted by molar-refractivity contribution is 7.85. The van der Waals surface area contributed by atoms with Crippen LogP contribution in [0.4, 0.5) is 32.0 Å². The summed E-state index contributed by atoms with van der Waals surface area (Å²) in [4.78, 5) is -0.154. The second-order valence-electron chi connectivity index (χ2n) is 6.11. The molecule has 0 aromatic heterocycles. The van der Waals surface area contributed by atoms with E-state index in [4.69, 9.17) is 5.41 Å². The number of hydrogen-bond donors (Lipinski definition) is 1. The molecule has 1 N–H and O–H groups in total. The summed E-state index contributed by atoms with van der Waals surface area (Å²) in [7, 11) is -2.42. The molecule has 1 aliphatic rings. The van der Waals surface area contributed by atoms with Crippen LogP contribution in [-0.2, 0) is 10.8 Å². The molecule has 1 heterocycles. The van der Waals surface area contributed by atoms with Crippen LogP contribution in [-0.4, -0.2) is 33.9 Å². The molecule has 11 heteroatoms. The van der Waals surface area contributed by atoms with Crippen LogP contribution >= 0.6 is 0 Å². The Morgan fingerprint density at radius 1 is 1.26 bits per heavy atom. The Morgan fingerprint density at radius 2 is 1.89 bits per heavy atom. The van der Waals surface area contributed by atoms with Crippen molar-refractivity contribution in [1.82, 2.24) is 0 Å². The van der Waals surface area contributed by atoms with Crippen molar-refractivity contribution in [3.63, 3.8) is 0 Å². The van der Waals surface area contributed by atoms with Gasteiger partial charge in [-0.15, -0.1) is 0 Å². The molecule has 0 bridgehead atoms. The van der Waals surface area contributed by atoms with Crippen molar-refractivity contribution in [2.24, 2.45) is 11.0 Å². The van der Waals surface area contributed by atoms with E-state index in [1.807, 2.05) is 0 Å². The van der Waals surface area contributed by atoms with E-state index in [1.54, 1.807) is 6.92 Å². The van der Waals surface area contributed by atoms with Crippen molar-refractivity contribution in [3.05, 3.63) is 23.8 Å². The molecule has 4 nitrogen and oxygen atoms in total. The van der Waals surface area contributed by atoms with Crippen LogP contribution in [0.2, 0.25) is 0 Å². The van der Waals surface area contributed by atoms with Gasteiger partial charge >= 0.3 is 12.4 Å². The minimum Gasteiger partial charge on any atom is -0.287 e. The quantitative estimate of drug-likeness (QED) is 0.722. The number of nitrogens with one attached hydrogen (secondary N) is 1. The normalized spacial score (nSPS) is 19.9. The summed E-state index contributed by atoms with van der Waals surface area (Å²) in [5, 5.41) is 12.3. The lowest BCUT2D eigenvalue weighted by Crippen LogP contribution is -2.42. The molecule has 2 unspecified atom stereocenters. The van der Waals surface area contributed by atoms with Gasteiger partial charge in [-0.05, 0) is 31.0 Å². The first-order valence-electron chi connectivity index (χ1n) is 7.92. The predicted octanol–water partition coefficient (Wildman–Crippen LogP) is 4.80. The molecule has 1 aromatic rings. The first kappa shape index (κ1) is 21.4. The zero-order valence-electron chi connectivity index (χ0n) is 14.4. The fourth-order valence-corrected chi connectivity index (χ4v) is 3.83. The summed E-state index contributed by atoms with van der Waals surface area (Å²) in [6.07, 6.45) is -9.40. The highest BCUT2D eigenvalue weighted by Crippen LogP contribution is 2.34. The van der Waals surface area contributed by atoms with Gasteiger partial charge < -0.3 is 0 Å².